The second kappa shape index (κ2) is 5.99. The molecule has 1 N–H and O–H groups in total. The predicted molar refractivity (Wildman–Crippen MR) is 81.0 cm³/mol. The summed E-state index contributed by atoms with van der Waals surface area (Å²) in [5, 5.41) is 9.42. The topological polar surface area (TPSA) is 29.9 Å². The quantitative estimate of drug-likeness (QED) is 0.930. The van der Waals surface area contributed by atoms with Crippen LogP contribution in [-0.2, 0) is 7.05 Å². The Morgan fingerprint density at radius 2 is 2.11 bits per heavy atom. The molecule has 0 amide bonds. The molecular weight excluding hydrogens is 278 g/mol. The zero-order valence-electron chi connectivity index (χ0n) is 11.6. The Morgan fingerprint density at radius 3 is 2.63 bits per heavy atom. The zero-order valence-corrected chi connectivity index (χ0v) is 13.1. The van der Waals surface area contributed by atoms with Gasteiger partial charge in [0, 0.05) is 18.0 Å². The molecule has 1 aromatic carbocycles. The molecule has 3 nitrogen and oxygen atoms in total. The van der Waals surface area contributed by atoms with E-state index in [-0.39, 0.29) is 0 Å². The van der Waals surface area contributed by atoms with Crippen LogP contribution in [0.4, 0.5) is 0 Å². The number of nitrogens with zero attached hydrogens (tertiary/aromatic N) is 2. The van der Waals surface area contributed by atoms with Crippen molar-refractivity contribution in [2.75, 3.05) is 7.05 Å². The van der Waals surface area contributed by atoms with E-state index in [1.165, 1.54) is 5.56 Å². The molecule has 19 heavy (non-hydrogen) atoms. The number of aryl methyl sites for hydroxylation is 2. The summed E-state index contributed by atoms with van der Waals surface area (Å²) in [5.41, 5.74) is 2.21. The van der Waals surface area contributed by atoms with E-state index in [9.17, 15) is 0 Å². The molecule has 1 heterocycles. The van der Waals surface area contributed by atoms with Crippen molar-refractivity contribution in [3.8, 4) is 0 Å². The van der Waals surface area contributed by atoms with Crippen LogP contribution in [0, 0.1) is 6.92 Å². The smallest absolute Gasteiger partial charge is 0.0987 e. The van der Waals surface area contributed by atoms with E-state index < -0.39 is 0 Å². The Labute approximate surface area is 123 Å². The molecule has 2 rings (SSSR count). The second-order valence-electron chi connectivity index (χ2n) is 4.55. The van der Waals surface area contributed by atoms with Crippen LogP contribution in [0.3, 0.4) is 0 Å². The lowest BCUT2D eigenvalue weighted by Crippen LogP contribution is -2.12. The van der Waals surface area contributed by atoms with Gasteiger partial charge in [-0.1, -0.05) is 29.4 Å². The van der Waals surface area contributed by atoms with Gasteiger partial charge in [-0.05, 0) is 44.7 Å². The van der Waals surface area contributed by atoms with Crippen molar-refractivity contribution in [2.45, 2.75) is 29.8 Å². The summed E-state index contributed by atoms with van der Waals surface area (Å²) in [6.07, 6.45) is 0. The summed E-state index contributed by atoms with van der Waals surface area (Å²) in [7, 11) is 3.89. The second-order valence-corrected chi connectivity index (χ2v) is 6.02. The highest BCUT2D eigenvalue weighted by atomic mass is 35.5. The molecule has 1 atom stereocenters. The van der Waals surface area contributed by atoms with Gasteiger partial charge in [0.25, 0.3) is 0 Å². The summed E-state index contributed by atoms with van der Waals surface area (Å²) in [6, 6.07) is 8.56. The highest BCUT2D eigenvalue weighted by Gasteiger charge is 2.10. The Bertz CT molecular complexity index is 580. The molecule has 102 valence electrons. The summed E-state index contributed by atoms with van der Waals surface area (Å²) in [5.74, 6) is 0. The van der Waals surface area contributed by atoms with Gasteiger partial charge >= 0.3 is 0 Å². The van der Waals surface area contributed by atoms with Crippen LogP contribution in [-0.4, -0.2) is 16.8 Å². The molecule has 0 aliphatic rings. The van der Waals surface area contributed by atoms with Crippen LogP contribution >= 0.6 is 23.4 Å². The Hall–Kier alpha value is -0.970. The van der Waals surface area contributed by atoms with E-state index in [0.717, 1.165) is 20.6 Å². The number of nitrogens with one attached hydrogen (secondary N) is 1. The predicted octanol–water partition coefficient (Wildman–Crippen LogP) is 3.81. The van der Waals surface area contributed by atoms with Crippen molar-refractivity contribution in [3.63, 3.8) is 0 Å². The summed E-state index contributed by atoms with van der Waals surface area (Å²) >= 11 is 8.00. The molecule has 2 aromatic rings. The number of aromatic nitrogens is 2. The largest absolute Gasteiger partial charge is 0.313 e. The fourth-order valence-electron chi connectivity index (χ4n) is 1.83. The number of benzene rings is 1. The van der Waals surface area contributed by atoms with Gasteiger partial charge < -0.3 is 5.32 Å². The van der Waals surface area contributed by atoms with Gasteiger partial charge in [-0.25, -0.2) is 0 Å². The average molecular weight is 296 g/mol. The molecule has 0 fully saturated rings. The third-order valence-corrected chi connectivity index (χ3v) is 4.65. The minimum absolute atomic E-state index is 0.301. The van der Waals surface area contributed by atoms with Crippen molar-refractivity contribution < 1.29 is 0 Å². The third kappa shape index (κ3) is 3.32. The maximum absolute atomic E-state index is 6.36. The molecule has 1 aromatic heterocycles. The zero-order chi connectivity index (χ0) is 14.0. The molecular formula is C14H18ClN3S. The fourth-order valence-corrected chi connectivity index (χ4v) is 3.06. The maximum atomic E-state index is 6.36. The monoisotopic (exact) mass is 295 g/mol. The van der Waals surface area contributed by atoms with E-state index in [1.807, 2.05) is 31.8 Å². The first-order valence-electron chi connectivity index (χ1n) is 6.16. The first kappa shape index (κ1) is 14.4. The highest BCUT2D eigenvalue weighted by molar-refractivity contribution is 7.99. The minimum atomic E-state index is 0.301. The van der Waals surface area contributed by atoms with Crippen LogP contribution in [0.15, 0.2) is 34.2 Å². The van der Waals surface area contributed by atoms with E-state index in [4.69, 9.17) is 11.6 Å². The maximum Gasteiger partial charge on any atom is 0.0987 e. The Balaban J connectivity index is 2.24. The van der Waals surface area contributed by atoms with Crippen molar-refractivity contribution in [3.05, 3.63) is 40.5 Å². The molecule has 0 saturated heterocycles. The molecule has 0 aliphatic heterocycles. The molecule has 0 spiro atoms. The highest BCUT2D eigenvalue weighted by Crippen LogP contribution is 2.34. The van der Waals surface area contributed by atoms with E-state index in [0.29, 0.717) is 6.04 Å². The summed E-state index contributed by atoms with van der Waals surface area (Å²) < 4.78 is 1.88. The molecule has 0 bridgehead atoms. The van der Waals surface area contributed by atoms with Crippen molar-refractivity contribution in [1.29, 1.82) is 0 Å². The first-order valence-corrected chi connectivity index (χ1v) is 7.36. The van der Waals surface area contributed by atoms with Crippen molar-refractivity contribution >= 4 is 23.4 Å². The van der Waals surface area contributed by atoms with Gasteiger partial charge in [0.2, 0.25) is 0 Å². The van der Waals surface area contributed by atoms with Gasteiger partial charge in [-0.2, -0.15) is 5.10 Å². The Kier molecular flexibility index (Phi) is 4.55. The third-order valence-electron chi connectivity index (χ3n) is 3.06. The van der Waals surface area contributed by atoms with Gasteiger partial charge in [0.1, 0.15) is 0 Å². The van der Waals surface area contributed by atoms with Crippen molar-refractivity contribution in [2.24, 2.45) is 7.05 Å². The van der Waals surface area contributed by atoms with E-state index in [2.05, 4.69) is 35.5 Å². The summed E-state index contributed by atoms with van der Waals surface area (Å²) in [6.45, 7) is 4.10. The molecule has 0 aliphatic carbocycles. The SMILES string of the molecule is CNC(C)c1ccc(Sc2cc(C)nn2C)c(Cl)c1. The van der Waals surface area contributed by atoms with Gasteiger partial charge in [0.05, 0.1) is 15.7 Å². The van der Waals surface area contributed by atoms with E-state index in [1.54, 1.807) is 11.8 Å². The van der Waals surface area contributed by atoms with Crippen molar-refractivity contribution in [1.82, 2.24) is 15.1 Å². The number of rotatable bonds is 4. The van der Waals surface area contributed by atoms with E-state index >= 15 is 0 Å². The minimum Gasteiger partial charge on any atom is -0.313 e. The molecule has 1 unspecified atom stereocenters. The van der Waals surface area contributed by atoms with Gasteiger partial charge in [-0.3, -0.25) is 4.68 Å². The molecule has 5 heteroatoms. The van der Waals surface area contributed by atoms with Gasteiger partial charge in [-0.15, -0.1) is 0 Å². The van der Waals surface area contributed by atoms with Crippen LogP contribution in [0.1, 0.15) is 24.2 Å². The van der Waals surface area contributed by atoms with Gasteiger partial charge in [0.15, 0.2) is 0 Å². The van der Waals surface area contributed by atoms with Crippen LogP contribution < -0.4 is 5.32 Å². The lowest BCUT2D eigenvalue weighted by molar-refractivity contribution is 0.652. The Morgan fingerprint density at radius 1 is 1.37 bits per heavy atom. The number of hydrogen-bond acceptors (Lipinski definition) is 3. The number of halogens is 1. The average Bonchev–Trinajstić information content (AvgIpc) is 2.69. The van der Waals surface area contributed by atoms with Crippen LogP contribution in [0.5, 0.6) is 0 Å². The first-order chi connectivity index (χ1) is 9.01. The number of hydrogen-bond donors (Lipinski definition) is 1. The van der Waals surface area contributed by atoms with Crippen LogP contribution in [0.2, 0.25) is 5.02 Å². The lowest BCUT2D eigenvalue weighted by atomic mass is 10.1. The standard InChI is InChI=1S/C14H18ClN3S/c1-9-7-14(18(4)17-9)19-13-6-5-11(8-12(13)15)10(2)16-3/h5-8,10,16H,1-4H3. The fraction of sp³-hybridized carbons (Fsp3) is 0.357. The normalized spacial score (nSPS) is 12.7. The molecule has 0 radical (unpaired) electrons. The lowest BCUT2D eigenvalue weighted by Gasteiger charge is -2.12. The molecule has 0 saturated carbocycles. The van der Waals surface area contributed by atoms with Crippen LogP contribution in [0.25, 0.3) is 0 Å². The summed E-state index contributed by atoms with van der Waals surface area (Å²) in [4.78, 5) is 1.05.